The second kappa shape index (κ2) is 6.53. The number of halogens is 1. The second-order valence-electron chi connectivity index (χ2n) is 5.32. The van der Waals surface area contributed by atoms with Gasteiger partial charge in [-0.15, -0.1) is 0 Å². The summed E-state index contributed by atoms with van der Waals surface area (Å²) in [6.07, 6.45) is 0. The Labute approximate surface area is 141 Å². The number of Topliss-reactive ketones (excluding diaryl/α,β-unsaturated/α-hetero) is 1. The third kappa shape index (κ3) is 3.23. The highest BCUT2D eigenvalue weighted by molar-refractivity contribution is 6.03. The monoisotopic (exact) mass is 337 g/mol. The molecule has 25 heavy (non-hydrogen) atoms. The van der Waals surface area contributed by atoms with Crippen molar-refractivity contribution in [2.45, 2.75) is 12.8 Å². The number of nitrogens with zero attached hydrogens (tertiary/aromatic N) is 2. The number of benzene rings is 2. The maximum absolute atomic E-state index is 14.1. The Bertz CT molecular complexity index is 987. The molecule has 0 radical (unpaired) electrons. The maximum atomic E-state index is 14.1. The van der Waals surface area contributed by atoms with E-state index in [1.807, 2.05) is 0 Å². The average Bonchev–Trinajstić information content (AvgIpc) is 3.00. The molecule has 0 saturated carbocycles. The summed E-state index contributed by atoms with van der Waals surface area (Å²) >= 11 is 0. The summed E-state index contributed by atoms with van der Waals surface area (Å²) in [4.78, 5) is 27.9. The van der Waals surface area contributed by atoms with Crippen LogP contribution in [0.1, 0.15) is 29.1 Å². The molecule has 0 fully saturated rings. The number of hydrogen-bond acceptors (Lipinski definition) is 5. The summed E-state index contributed by atoms with van der Waals surface area (Å²) in [7, 11) is 0. The first-order valence-corrected chi connectivity index (χ1v) is 7.36. The number of para-hydroxylation sites is 2. The number of oxazole rings is 1. The topological polar surface area (TPSA) is 96.0 Å². The lowest BCUT2D eigenvalue weighted by atomic mass is 9.98. The minimum Gasteiger partial charge on any atom is -0.439 e. The molecule has 1 heterocycles. The fraction of sp³-hybridized carbons (Fsp3) is 0.111. The molecule has 1 N–H and O–H groups in total. The van der Waals surface area contributed by atoms with E-state index in [1.165, 1.54) is 19.1 Å². The van der Waals surface area contributed by atoms with E-state index in [0.29, 0.717) is 11.1 Å². The summed E-state index contributed by atoms with van der Waals surface area (Å²) in [6, 6.07) is 12.2. The van der Waals surface area contributed by atoms with Crippen molar-refractivity contribution < 1.29 is 18.4 Å². The van der Waals surface area contributed by atoms with Gasteiger partial charge in [-0.05, 0) is 30.3 Å². The molecule has 7 heteroatoms. The van der Waals surface area contributed by atoms with Crippen LogP contribution < -0.4 is 5.32 Å². The first-order chi connectivity index (χ1) is 12.0. The van der Waals surface area contributed by atoms with Crippen molar-refractivity contribution in [3.05, 3.63) is 59.7 Å². The number of aromatic nitrogens is 1. The summed E-state index contributed by atoms with van der Waals surface area (Å²) in [5.41, 5.74) is 0.864. The first kappa shape index (κ1) is 16.3. The fourth-order valence-electron chi connectivity index (χ4n) is 2.39. The smallest absolute Gasteiger partial charge is 0.221 e. The molecule has 0 aliphatic carbocycles. The number of amides is 1. The molecule has 0 aliphatic rings. The average molecular weight is 337 g/mol. The van der Waals surface area contributed by atoms with Crippen LogP contribution in [0.5, 0.6) is 0 Å². The van der Waals surface area contributed by atoms with Crippen LogP contribution in [0.25, 0.3) is 11.1 Å². The zero-order valence-corrected chi connectivity index (χ0v) is 13.1. The van der Waals surface area contributed by atoms with Crippen molar-refractivity contribution >= 4 is 28.5 Å². The minimum atomic E-state index is -1.39. The lowest BCUT2D eigenvalue weighted by Gasteiger charge is -2.08. The Hall–Kier alpha value is -3.53. The molecule has 2 aromatic carbocycles. The lowest BCUT2D eigenvalue weighted by molar-refractivity contribution is -0.114. The minimum absolute atomic E-state index is 0.0990. The van der Waals surface area contributed by atoms with E-state index in [9.17, 15) is 19.2 Å². The Morgan fingerprint density at radius 1 is 1.28 bits per heavy atom. The van der Waals surface area contributed by atoms with Crippen LogP contribution in [0.2, 0.25) is 0 Å². The SMILES string of the molecule is CC(=O)Nc1ccc(F)c(C(=O)[C@H](C#N)c2nc3ccccc3o2)c1. The van der Waals surface area contributed by atoms with Crippen molar-refractivity contribution in [3.63, 3.8) is 0 Å². The summed E-state index contributed by atoms with van der Waals surface area (Å²) < 4.78 is 19.5. The predicted molar refractivity (Wildman–Crippen MR) is 87.4 cm³/mol. The van der Waals surface area contributed by atoms with Gasteiger partial charge in [0.2, 0.25) is 11.8 Å². The van der Waals surface area contributed by atoms with E-state index in [0.717, 1.165) is 6.07 Å². The van der Waals surface area contributed by atoms with Gasteiger partial charge in [-0.3, -0.25) is 9.59 Å². The second-order valence-corrected chi connectivity index (χ2v) is 5.32. The highest BCUT2D eigenvalue weighted by Crippen LogP contribution is 2.26. The van der Waals surface area contributed by atoms with Crippen LogP contribution in [-0.2, 0) is 4.79 Å². The van der Waals surface area contributed by atoms with Gasteiger partial charge in [-0.25, -0.2) is 9.37 Å². The van der Waals surface area contributed by atoms with Gasteiger partial charge in [-0.1, -0.05) is 12.1 Å². The number of anilines is 1. The Kier molecular flexibility index (Phi) is 4.27. The lowest BCUT2D eigenvalue weighted by Crippen LogP contribution is -2.14. The quantitative estimate of drug-likeness (QED) is 0.736. The Morgan fingerprint density at radius 3 is 2.72 bits per heavy atom. The van der Waals surface area contributed by atoms with Crippen molar-refractivity contribution in [3.8, 4) is 6.07 Å². The van der Waals surface area contributed by atoms with Gasteiger partial charge in [0.15, 0.2) is 17.3 Å². The van der Waals surface area contributed by atoms with Crippen LogP contribution in [0.15, 0.2) is 46.9 Å². The van der Waals surface area contributed by atoms with Gasteiger partial charge >= 0.3 is 0 Å². The van der Waals surface area contributed by atoms with Gasteiger partial charge in [0.25, 0.3) is 0 Å². The largest absolute Gasteiger partial charge is 0.439 e. The maximum Gasteiger partial charge on any atom is 0.221 e. The molecule has 0 bridgehead atoms. The van der Waals surface area contributed by atoms with E-state index in [4.69, 9.17) is 4.42 Å². The standard InChI is InChI=1S/C18H12FN3O3/c1-10(23)21-11-6-7-14(19)12(8-11)17(24)13(9-20)18-22-15-4-2-3-5-16(15)25-18/h2-8,13H,1H3,(H,21,23)/t13-/m0/s1. The van der Waals surface area contributed by atoms with Gasteiger partial charge < -0.3 is 9.73 Å². The Balaban J connectivity index is 2.00. The first-order valence-electron chi connectivity index (χ1n) is 7.36. The number of fused-ring (bicyclic) bond motifs is 1. The third-order valence-electron chi connectivity index (χ3n) is 3.50. The van der Waals surface area contributed by atoms with Gasteiger partial charge in [0.05, 0.1) is 11.6 Å². The van der Waals surface area contributed by atoms with Gasteiger partial charge in [-0.2, -0.15) is 5.26 Å². The number of nitrogens with one attached hydrogen (secondary N) is 1. The zero-order valence-electron chi connectivity index (χ0n) is 13.1. The van der Waals surface area contributed by atoms with Crippen molar-refractivity contribution in [2.75, 3.05) is 5.32 Å². The molecule has 0 unspecified atom stereocenters. The molecule has 124 valence electrons. The molecule has 0 aliphatic heterocycles. The highest BCUT2D eigenvalue weighted by atomic mass is 19.1. The molecular formula is C18H12FN3O3. The fourth-order valence-corrected chi connectivity index (χ4v) is 2.39. The summed E-state index contributed by atoms with van der Waals surface area (Å²) in [5, 5.41) is 11.8. The van der Waals surface area contributed by atoms with Crippen molar-refractivity contribution in [2.24, 2.45) is 0 Å². The molecule has 0 saturated heterocycles. The number of hydrogen-bond donors (Lipinski definition) is 1. The molecule has 1 atom stereocenters. The van der Waals surface area contributed by atoms with Gasteiger partial charge in [0, 0.05) is 12.6 Å². The normalized spacial score (nSPS) is 11.7. The number of ketones is 1. The van der Waals surface area contributed by atoms with Crippen molar-refractivity contribution in [1.29, 1.82) is 5.26 Å². The van der Waals surface area contributed by atoms with E-state index in [-0.39, 0.29) is 23.0 Å². The number of carbonyl (C=O) groups excluding carboxylic acids is 2. The van der Waals surface area contributed by atoms with Crippen LogP contribution in [0, 0.1) is 17.1 Å². The zero-order chi connectivity index (χ0) is 18.0. The van der Waals surface area contributed by atoms with E-state index in [1.54, 1.807) is 30.3 Å². The van der Waals surface area contributed by atoms with Crippen LogP contribution >= 0.6 is 0 Å². The predicted octanol–water partition coefficient (Wildman–Crippen LogP) is 3.42. The number of carbonyl (C=O) groups is 2. The van der Waals surface area contributed by atoms with Crippen molar-refractivity contribution in [1.82, 2.24) is 4.98 Å². The summed E-state index contributed by atoms with van der Waals surface area (Å²) in [6.45, 7) is 1.29. The molecule has 3 aromatic rings. The van der Waals surface area contributed by atoms with Crippen LogP contribution in [0.3, 0.4) is 0 Å². The molecule has 3 rings (SSSR count). The van der Waals surface area contributed by atoms with E-state index < -0.39 is 17.5 Å². The molecular weight excluding hydrogens is 325 g/mol. The molecule has 1 amide bonds. The third-order valence-corrected chi connectivity index (χ3v) is 3.50. The van der Waals surface area contributed by atoms with Gasteiger partial charge in [0.1, 0.15) is 11.3 Å². The van der Waals surface area contributed by atoms with E-state index >= 15 is 0 Å². The van der Waals surface area contributed by atoms with Crippen LogP contribution in [-0.4, -0.2) is 16.7 Å². The summed E-state index contributed by atoms with van der Waals surface area (Å²) in [5.74, 6) is -3.44. The highest BCUT2D eigenvalue weighted by Gasteiger charge is 2.29. The van der Waals surface area contributed by atoms with Crippen LogP contribution in [0.4, 0.5) is 10.1 Å². The Morgan fingerprint density at radius 2 is 2.04 bits per heavy atom. The number of rotatable bonds is 4. The number of nitriles is 1. The van der Waals surface area contributed by atoms with E-state index in [2.05, 4.69) is 10.3 Å². The molecule has 0 spiro atoms. The molecule has 1 aromatic heterocycles. The molecule has 6 nitrogen and oxygen atoms in total.